The van der Waals surface area contributed by atoms with E-state index in [0.29, 0.717) is 21.9 Å². The van der Waals surface area contributed by atoms with E-state index in [4.69, 9.17) is 4.42 Å². The van der Waals surface area contributed by atoms with E-state index in [9.17, 15) is 9.59 Å². The Labute approximate surface area is 144 Å². The minimum absolute atomic E-state index is 0.0290. The second kappa shape index (κ2) is 6.06. The standard InChI is InChI=1S/C21H17NO3/c1-13(23)22-18-8-4-2-6-15(18)14-10-11-17-20(12-14)25-19-9-5-3-7-16(19)21(17)24/h3,5-12H,2,4H2,1H3,(H,22,23). The summed E-state index contributed by atoms with van der Waals surface area (Å²) in [5, 5.41) is 4.02. The summed E-state index contributed by atoms with van der Waals surface area (Å²) in [5.74, 6) is -0.0997. The molecule has 1 amide bonds. The zero-order valence-corrected chi connectivity index (χ0v) is 13.8. The zero-order chi connectivity index (χ0) is 17.4. The molecule has 1 heterocycles. The van der Waals surface area contributed by atoms with Crippen molar-refractivity contribution < 1.29 is 9.21 Å². The summed E-state index contributed by atoms with van der Waals surface area (Å²) in [7, 11) is 0. The summed E-state index contributed by atoms with van der Waals surface area (Å²) in [4.78, 5) is 24.1. The second-order valence-electron chi connectivity index (χ2n) is 6.13. The van der Waals surface area contributed by atoms with Crippen LogP contribution in [0.15, 0.2) is 69.5 Å². The van der Waals surface area contributed by atoms with E-state index < -0.39 is 0 Å². The molecule has 0 aliphatic heterocycles. The van der Waals surface area contributed by atoms with Gasteiger partial charge < -0.3 is 9.73 Å². The summed E-state index contributed by atoms with van der Waals surface area (Å²) in [6, 6.07) is 12.8. The summed E-state index contributed by atoms with van der Waals surface area (Å²) < 4.78 is 5.94. The number of carbonyl (C=O) groups is 1. The Morgan fingerprint density at radius 3 is 2.60 bits per heavy atom. The van der Waals surface area contributed by atoms with Crippen molar-refractivity contribution in [2.24, 2.45) is 0 Å². The second-order valence-corrected chi connectivity index (χ2v) is 6.13. The van der Waals surface area contributed by atoms with Crippen molar-refractivity contribution in [3.63, 3.8) is 0 Å². The average Bonchev–Trinajstić information content (AvgIpc) is 2.61. The van der Waals surface area contributed by atoms with Gasteiger partial charge in [0.25, 0.3) is 0 Å². The molecule has 3 aromatic rings. The third-order valence-corrected chi connectivity index (χ3v) is 4.35. The molecule has 1 aromatic heterocycles. The molecular formula is C21H17NO3. The van der Waals surface area contributed by atoms with Gasteiger partial charge in [-0.25, -0.2) is 0 Å². The van der Waals surface area contributed by atoms with Crippen LogP contribution in [0, 0.1) is 0 Å². The van der Waals surface area contributed by atoms with Crippen molar-refractivity contribution in [2.75, 3.05) is 0 Å². The zero-order valence-electron chi connectivity index (χ0n) is 13.8. The van der Waals surface area contributed by atoms with Crippen LogP contribution in [0.25, 0.3) is 27.5 Å². The predicted octanol–water partition coefficient (Wildman–Crippen LogP) is 4.14. The minimum Gasteiger partial charge on any atom is -0.456 e. The number of rotatable bonds is 2. The largest absolute Gasteiger partial charge is 0.456 e. The van der Waals surface area contributed by atoms with Crippen molar-refractivity contribution in [2.45, 2.75) is 19.8 Å². The van der Waals surface area contributed by atoms with Crippen molar-refractivity contribution >= 4 is 33.4 Å². The molecule has 1 aliphatic rings. The Balaban J connectivity index is 1.88. The summed E-state index contributed by atoms with van der Waals surface area (Å²) >= 11 is 0. The first-order chi connectivity index (χ1) is 12.1. The number of carbonyl (C=O) groups excluding carboxylic acids is 1. The number of nitrogens with one attached hydrogen (secondary N) is 1. The summed E-state index contributed by atoms with van der Waals surface area (Å²) in [6.45, 7) is 1.50. The first kappa shape index (κ1) is 15.4. The molecule has 124 valence electrons. The van der Waals surface area contributed by atoms with Crippen LogP contribution in [0.4, 0.5) is 0 Å². The Morgan fingerprint density at radius 2 is 1.76 bits per heavy atom. The molecule has 0 fully saturated rings. The van der Waals surface area contributed by atoms with Crippen molar-refractivity contribution in [1.82, 2.24) is 5.32 Å². The highest BCUT2D eigenvalue weighted by molar-refractivity contribution is 5.93. The minimum atomic E-state index is -0.0997. The molecule has 4 rings (SSSR count). The van der Waals surface area contributed by atoms with Crippen LogP contribution in [0.1, 0.15) is 25.3 Å². The van der Waals surface area contributed by atoms with E-state index in [1.54, 1.807) is 18.2 Å². The van der Waals surface area contributed by atoms with Gasteiger partial charge in [0.2, 0.25) is 11.3 Å². The molecule has 0 unspecified atom stereocenters. The Bertz CT molecular complexity index is 1120. The van der Waals surface area contributed by atoms with Crippen LogP contribution in [0.5, 0.6) is 0 Å². The molecule has 0 bridgehead atoms. The maximum Gasteiger partial charge on any atom is 0.221 e. The van der Waals surface area contributed by atoms with Crippen LogP contribution in [0.3, 0.4) is 0 Å². The van der Waals surface area contributed by atoms with Crippen molar-refractivity contribution in [3.05, 3.63) is 76.1 Å². The molecule has 0 saturated heterocycles. The number of allylic oxidation sites excluding steroid dienone is 3. The molecule has 0 atom stereocenters. The Morgan fingerprint density at radius 1 is 1.00 bits per heavy atom. The lowest BCUT2D eigenvalue weighted by molar-refractivity contribution is -0.118. The number of fused-ring (bicyclic) bond motifs is 2. The van der Waals surface area contributed by atoms with Gasteiger partial charge in [-0.3, -0.25) is 9.59 Å². The molecule has 1 aliphatic carbocycles. The number of benzene rings is 2. The van der Waals surface area contributed by atoms with Crippen molar-refractivity contribution in [1.29, 1.82) is 0 Å². The van der Waals surface area contributed by atoms with E-state index in [0.717, 1.165) is 29.7 Å². The predicted molar refractivity (Wildman–Crippen MR) is 99.1 cm³/mol. The van der Waals surface area contributed by atoms with Gasteiger partial charge in [0, 0.05) is 18.2 Å². The topological polar surface area (TPSA) is 59.3 Å². The van der Waals surface area contributed by atoms with Gasteiger partial charge >= 0.3 is 0 Å². The molecule has 25 heavy (non-hydrogen) atoms. The Kier molecular flexibility index (Phi) is 3.73. The monoisotopic (exact) mass is 331 g/mol. The highest BCUT2D eigenvalue weighted by atomic mass is 16.3. The quantitative estimate of drug-likeness (QED) is 0.718. The molecule has 0 radical (unpaired) electrons. The number of amides is 1. The van der Waals surface area contributed by atoms with E-state index in [1.165, 1.54) is 6.92 Å². The van der Waals surface area contributed by atoms with Crippen LogP contribution in [0.2, 0.25) is 0 Å². The molecule has 4 heteroatoms. The van der Waals surface area contributed by atoms with Gasteiger partial charge in [-0.15, -0.1) is 0 Å². The molecule has 0 saturated carbocycles. The highest BCUT2D eigenvalue weighted by Crippen LogP contribution is 2.29. The fourth-order valence-corrected chi connectivity index (χ4v) is 3.23. The van der Waals surface area contributed by atoms with E-state index in [2.05, 4.69) is 11.4 Å². The molecule has 2 aromatic carbocycles. The maximum atomic E-state index is 12.6. The van der Waals surface area contributed by atoms with Gasteiger partial charge in [0.1, 0.15) is 11.2 Å². The SMILES string of the molecule is CC(=O)NC1=CCCC=C1c1ccc2c(=O)c3ccccc3oc2c1. The molecular weight excluding hydrogens is 314 g/mol. The van der Waals surface area contributed by atoms with Gasteiger partial charge in [0.15, 0.2) is 0 Å². The maximum absolute atomic E-state index is 12.6. The summed E-state index contributed by atoms with van der Waals surface area (Å²) in [6.07, 6.45) is 5.94. The lowest BCUT2D eigenvalue weighted by atomic mass is 9.95. The van der Waals surface area contributed by atoms with Gasteiger partial charge in [-0.2, -0.15) is 0 Å². The van der Waals surface area contributed by atoms with Gasteiger partial charge in [0.05, 0.1) is 10.8 Å². The van der Waals surface area contributed by atoms with Crippen LogP contribution in [-0.4, -0.2) is 5.91 Å². The summed E-state index contributed by atoms with van der Waals surface area (Å²) in [5.41, 5.74) is 3.78. The van der Waals surface area contributed by atoms with Crippen LogP contribution >= 0.6 is 0 Å². The Hall–Kier alpha value is -3.14. The number of hydrogen-bond acceptors (Lipinski definition) is 3. The first-order valence-electron chi connectivity index (χ1n) is 8.28. The van der Waals surface area contributed by atoms with E-state index in [-0.39, 0.29) is 11.3 Å². The lowest BCUT2D eigenvalue weighted by Gasteiger charge is -2.17. The number of para-hydroxylation sites is 1. The van der Waals surface area contributed by atoms with Gasteiger partial charge in [-0.05, 0) is 42.7 Å². The fourth-order valence-electron chi connectivity index (χ4n) is 3.23. The smallest absolute Gasteiger partial charge is 0.221 e. The van der Waals surface area contributed by atoms with E-state index in [1.807, 2.05) is 30.3 Å². The molecule has 0 spiro atoms. The highest BCUT2D eigenvalue weighted by Gasteiger charge is 2.15. The average molecular weight is 331 g/mol. The molecule has 4 nitrogen and oxygen atoms in total. The van der Waals surface area contributed by atoms with E-state index >= 15 is 0 Å². The fraction of sp³-hybridized carbons (Fsp3) is 0.143. The first-order valence-corrected chi connectivity index (χ1v) is 8.28. The third-order valence-electron chi connectivity index (χ3n) is 4.35. The normalized spacial score (nSPS) is 14.3. The lowest BCUT2D eigenvalue weighted by Crippen LogP contribution is -2.21. The van der Waals surface area contributed by atoms with Crippen molar-refractivity contribution in [3.8, 4) is 0 Å². The third kappa shape index (κ3) is 2.76. The number of hydrogen-bond donors (Lipinski definition) is 1. The van der Waals surface area contributed by atoms with Gasteiger partial charge in [-0.1, -0.05) is 30.4 Å². The van der Waals surface area contributed by atoms with Crippen LogP contribution < -0.4 is 10.7 Å². The van der Waals surface area contributed by atoms with Crippen LogP contribution in [-0.2, 0) is 4.79 Å². The molecule has 1 N–H and O–H groups in total.